The number of halogens is 3. The lowest BCUT2D eigenvalue weighted by Crippen LogP contribution is -2.54. The molecule has 2 amide bonds. The summed E-state index contributed by atoms with van der Waals surface area (Å²) in [5, 5.41) is 5.13. The first-order valence-electron chi connectivity index (χ1n) is 11.2. The van der Waals surface area contributed by atoms with Gasteiger partial charge in [-0.15, -0.1) is 0 Å². The van der Waals surface area contributed by atoms with Crippen molar-refractivity contribution in [3.05, 3.63) is 35.8 Å². The smallest absolute Gasteiger partial charge is 0.368 e. The van der Waals surface area contributed by atoms with E-state index in [-0.39, 0.29) is 11.8 Å². The summed E-state index contributed by atoms with van der Waals surface area (Å²) in [6, 6.07) is 3.97. The fourth-order valence-corrected chi connectivity index (χ4v) is 5.10. The Labute approximate surface area is 190 Å². The molecule has 1 aromatic heterocycles. The lowest BCUT2D eigenvalue weighted by atomic mass is 10.00. The summed E-state index contributed by atoms with van der Waals surface area (Å²) in [4.78, 5) is 34.1. The third-order valence-electron chi connectivity index (χ3n) is 6.90. The predicted octanol–water partition coefficient (Wildman–Crippen LogP) is 1.57. The van der Waals surface area contributed by atoms with E-state index < -0.39 is 23.8 Å². The van der Waals surface area contributed by atoms with E-state index in [1.165, 1.54) is 4.90 Å². The lowest BCUT2D eigenvalue weighted by Gasteiger charge is -2.40. The highest BCUT2D eigenvalue weighted by atomic mass is 19.4. The van der Waals surface area contributed by atoms with Crippen molar-refractivity contribution in [3.63, 3.8) is 0 Å². The zero-order chi connectivity index (χ0) is 23.8. The van der Waals surface area contributed by atoms with Crippen LogP contribution in [0.3, 0.4) is 0 Å². The highest BCUT2D eigenvalue weighted by molar-refractivity contribution is 5.95. The third kappa shape index (κ3) is 4.92. The second-order valence-corrected chi connectivity index (χ2v) is 8.86. The van der Waals surface area contributed by atoms with Gasteiger partial charge in [0.25, 0.3) is 11.8 Å². The largest absolute Gasteiger partial charge is 0.423 e. The van der Waals surface area contributed by atoms with Crippen LogP contribution in [0.4, 0.5) is 18.9 Å². The third-order valence-corrected chi connectivity index (χ3v) is 6.90. The molecule has 1 aromatic rings. The number of hydrogen-bond donors (Lipinski definition) is 2. The predicted molar refractivity (Wildman–Crippen MR) is 116 cm³/mol. The average Bonchev–Trinajstić information content (AvgIpc) is 3.29. The number of pyridine rings is 1. The standard InChI is InChI=1S/C22H29F3N6O2/c1-26-21(33)18-6-5-16(12-27-18)31-9-7-30(8-10-31)15-4-3-14(11-15)19-28-20(32)17(13-29(19)2)22(23,24)25/h5-6,12-15,19H,3-4,7-11H2,1-2H3,(H,26,33)(H,28,32)/t14?,15-,19?/m0/s1. The number of alkyl halides is 3. The molecule has 2 N–H and O–H groups in total. The maximum Gasteiger partial charge on any atom is 0.423 e. The van der Waals surface area contributed by atoms with Gasteiger partial charge in [-0.3, -0.25) is 14.5 Å². The van der Waals surface area contributed by atoms with E-state index in [0.29, 0.717) is 11.7 Å². The topological polar surface area (TPSA) is 80.8 Å². The number of amides is 2. The summed E-state index contributed by atoms with van der Waals surface area (Å²) in [6.07, 6.45) is 0.241. The van der Waals surface area contributed by atoms with E-state index in [0.717, 1.165) is 57.3 Å². The molecule has 3 heterocycles. The maximum absolute atomic E-state index is 13.0. The SMILES string of the molecule is CNC(=O)c1ccc(N2CCN([C@H]3CCC(C4NC(=O)C(C(F)(F)F)=CN4C)C3)CC2)cn1. The monoisotopic (exact) mass is 466 g/mol. The molecule has 3 atom stereocenters. The van der Waals surface area contributed by atoms with E-state index >= 15 is 0 Å². The fraction of sp³-hybridized carbons (Fsp3) is 0.591. The lowest BCUT2D eigenvalue weighted by molar-refractivity contribution is -0.135. The van der Waals surface area contributed by atoms with E-state index in [9.17, 15) is 22.8 Å². The maximum atomic E-state index is 13.0. The number of nitrogens with zero attached hydrogens (tertiary/aromatic N) is 4. The van der Waals surface area contributed by atoms with Crippen LogP contribution in [-0.2, 0) is 4.79 Å². The van der Waals surface area contributed by atoms with Gasteiger partial charge in [0.15, 0.2) is 0 Å². The second kappa shape index (κ2) is 9.20. The van der Waals surface area contributed by atoms with Crippen LogP contribution < -0.4 is 15.5 Å². The van der Waals surface area contributed by atoms with Gasteiger partial charge in [-0.1, -0.05) is 0 Å². The van der Waals surface area contributed by atoms with E-state index in [2.05, 4.69) is 25.4 Å². The minimum Gasteiger partial charge on any atom is -0.368 e. The van der Waals surface area contributed by atoms with Crippen LogP contribution in [0, 0.1) is 5.92 Å². The van der Waals surface area contributed by atoms with Crippen molar-refractivity contribution in [2.45, 2.75) is 37.6 Å². The zero-order valence-corrected chi connectivity index (χ0v) is 18.7. The minimum atomic E-state index is -4.65. The molecule has 1 saturated heterocycles. The van der Waals surface area contributed by atoms with Gasteiger partial charge in [0.2, 0.25) is 0 Å². The Hall–Kier alpha value is -2.82. The van der Waals surface area contributed by atoms with Crippen molar-refractivity contribution in [3.8, 4) is 0 Å². The van der Waals surface area contributed by atoms with Crippen molar-refractivity contribution >= 4 is 17.5 Å². The molecule has 180 valence electrons. The first kappa shape index (κ1) is 23.3. The molecule has 0 spiro atoms. The molecule has 1 aliphatic carbocycles. The van der Waals surface area contributed by atoms with E-state index in [4.69, 9.17) is 0 Å². The first-order valence-corrected chi connectivity index (χ1v) is 11.2. The number of aromatic nitrogens is 1. The molecule has 33 heavy (non-hydrogen) atoms. The first-order chi connectivity index (χ1) is 15.7. The summed E-state index contributed by atoms with van der Waals surface area (Å²) < 4.78 is 39.0. The second-order valence-electron chi connectivity index (χ2n) is 8.86. The van der Waals surface area contributed by atoms with Crippen LogP contribution >= 0.6 is 0 Å². The van der Waals surface area contributed by atoms with Gasteiger partial charge < -0.3 is 20.4 Å². The number of carbonyl (C=O) groups is 2. The zero-order valence-electron chi connectivity index (χ0n) is 18.7. The van der Waals surface area contributed by atoms with Crippen molar-refractivity contribution in [1.29, 1.82) is 0 Å². The van der Waals surface area contributed by atoms with Gasteiger partial charge >= 0.3 is 6.18 Å². The number of piperazine rings is 1. The quantitative estimate of drug-likeness (QED) is 0.701. The normalized spacial score (nSPS) is 26.8. The summed E-state index contributed by atoms with van der Waals surface area (Å²) >= 11 is 0. The molecular formula is C22H29F3N6O2. The highest BCUT2D eigenvalue weighted by Crippen LogP contribution is 2.36. The van der Waals surface area contributed by atoms with E-state index in [1.807, 2.05) is 6.07 Å². The van der Waals surface area contributed by atoms with Gasteiger partial charge in [0, 0.05) is 52.5 Å². The van der Waals surface area contributed by atoms with Crippen LogP contribution in [0.2, 0.25) is 0 Å². The molecule has 0 radical (unpaired) electrons. The van der Waals surface area contributed by atoms with Crippen LogP contribution in [0.15, 0.2) is 30.1 Å². The van der Waals surface area contributed by atoms with Gasteiger partial charge in [-0.25, -0.2) is 4.98 Å². The number of anilines is 1. The van der Waals surface area contributed by atoms with Gasteiger partial charge in [-0.05, 0) is 37.3 Å². The van der Waals surface area contributed by atoms with Gasteiger partial charge in [0.1, 0.15) is 17.4 Å². The summed E-state index contributed by atoms with van der Waals surface area (Å²) in [5.74, 6) is -1.15. The minimum absolute atomic E-state index is 0.106. The Balaban J connectivity index is 1.31. The Morgan fingerprint density at radius 3 is 2.52 bits per heavy atom. The highest BCUT2D eigenvalue weighted by Gasteiger charge is 2.45. The Bertz CT molecular complexity index is 912. The fourth-order valence-electron chi connectivity index (χ4n) is 5.10. The molecule has 2 fully saturated rings. The van der Waals surface area contributed by atoms with Crippen molar-refractivity contribution in [2.75, 3.05) is 45.2 Å². The molecule has 3 aliphatic rings. The number of hydrogen-bond acceptors (Lipinski definition) is 6. The van der Waals surface area contributed by atoms with Crippen molar-refractivity contribution in [1.82, 2.24) is 25.4 Å². The van der Waals surface area contributed by atoms with Gasteiger partial charge in [-0.2, -0.15) is 13.2 Å². The summed E-state index contributed by atoms with van der Waals surface area (Å²) in [6.45, 7) is 3.42. The molecule has 11 heteroatoms. The van der Waals surface area contributed by atoms with Crippen LogP contribution in [0.1, 0.15) is 29.8 Å². The van der Waals surface area contributed by atoms with Crippen LogP contribution in [0.5, 0.6) is 0 Å². The average molecular weight is 467 g/mol. The molecule has 0 aromatic carbocycles. The number of carbonyl (C=O) groups excluding carboxylic acids is 2. The molecule has 8 nitrogen and oxygen atoms in total. The molecule has 2 unspecified atom stereocenters. The Morgan fingerprint density at radius 2 is 1.91 bits per heavy atom. The van der Waals surface area contributed by atoms with Crippen LogP contribution in [-0.4, -0.2) is 85.3 Å². The van der Waals surface area contributed by atoms with E-state index in [1.54, 1.807) is 26.4 Å². The Kier molecular flexibility index (Phi) is 6.51. The summed E-state index contributed by atoms with van der Waals surface area (Å²) in [5.41, 5.74) is 0.212. The van der Waals surface area contributed by atoms with Crippen LogP contribution in [0.25, 0.3) is 0 Å². The molecule has 0 bridgehead atoms. The number of rotatable bonds is 4. The summed E-state index contributed by atoms with van der Waals surface area (Å²) in [7, 11) is 3.16. The molecule has 2 aliphatic heterocycles. The molecular weight excluding hydrogens is 437 g/mol. The van der Waals surface area contributed by atoms with Crippen molar-refractivity contribution < 1.29 is 22.8 Å². The molecule has 1 saturated carbocycles. The van der Waals surface area contributed by atoms with Crippen molar-refractivity contribution in [2.24, 2.45) is 5.92 Å². The Morgan fingerprint density at radius 1 is 1.18 bits per heavy atom. The molecule has 4 rings (SSSR count). The van der Waals surface area contributed by atoms with Gasteiger partial charge in [0.05, 0.1) is 11.9 Å². The number of nitrogens with one attached hydrogen (secondary N) is 2.